The van der Waals surface area contributed by atoms with Gasteiger partial charge in [0.25, 0.3) is 0 Å². The van der Waals surface area contributed by atoms with Gasteiger partial charge in [0.05, 0.1) is 6.54 Å². The van der Waals surface area contributed by atoms with Crippen LogP contribution in [-0.4, -0.2) is 22.6 Å². The summed E-state index contributed by atoms with van der Waals surface area (Å²) < 4.78 is 0. The molecular weight excluding hydrogens is 280 g/mol. The van der Waals surface area contributed by atoms with Crippen molar-refractivity contribution in [1.29, 1.82) is 0 Å². The molecule has 2 aromatic rings. The number of hydrogen-bond acceptors (Lipinski definition) is 5. The number of rotatable bonds is 7. The molecule has 0 aliphatic heterocycles. The fourth-order valence-electron chi connectivity index (χ4n) is 2.49. The van der Waals surface area contributed by atoms with Gasteiger partial charge in [-0.05, 0) is 37.6 Å². The number of hydrogen-bond donors (Lipinski definition) is 1. The average molecular weight is 302 g/mol. The van der Waals surface area contributed by atoms with Crippen LogP contribution in [0.3, 0.4) is 0 Å². The zero-order valence-electron chi connectivity index (χ0n) is 12.7. The highest BCUT2D eigenvalue weighted by Gasteiger charge is 2.31. The van der Waals surface area contributed by atoms with Crippen molar-refractivity contribution in [2.75, 3.05) is 16.8 Å². The number of thiophene rings is 1. The Morgan fingerprint density at radius 1 is 1.38 bits per heavy atom. The molecule has 0 radical (unpaired) electrons. The van der Waals surface area contributed by atoms with Gasteiger partial charge >= 0.3 is 0 Å². The van der Waals surface area contributed by atoms with Crippen LogP contribution in [0.4, 0.5) is 11.6 Å². The Hall–Kier alpha value is -1.62. The fourth-order valence-corrected chi connectivity index (χ4v) is 3.19. The molecule has 112 valence electrons. The second kappa shape index (κ2) is 6.43. The molecule has 1 fully saturated rings. The maximum Gasteiger partial charge on any atom is 0.137 e. The summed E-state index contributed by atoms with van der Waals surface area (Å²) in [6.07, 6.45) is 5.32. The molecule has 0 saturated heterocycles. The van der Waals surface area contributed by atoms with E-state index in [0.717, 1.165) is 36.7 Å². The lowest BCUT2D eigenvalue weighted by molar-refractivity contribution is 0.778. The number of nitrogens with zero attached hydrogens (tertiary/aromatic N) is 3. The standard InChI is InChI=1S/C16H22N4S/c1-3-8-17-15-12(2)16(19-11-18-15)20(13-6-7-13)10-14-5-4-9-21-14/h4-5,9,11,13H,3,6-8,10H2,1-2H3,(H,17,18,19). The van der Waals surface area contributed by atoms with E-state index in [1.54, 1.807) is 6.33 Å². The lowest BCUT2D eigenvalue weighted by atomic mass is 10.2. The summed E-state index contributed by atoms with van der Waals surface area (Å²) in [6.45, 7) is 6.19. The van der Waals surface area contributed by atoms with E-state index in [1.807, 2.05) is 11.3 Å². The normalized spacial score (nSPS) is 14.2. The molecule has 0 aromatic carbocycles. The van der Waals surface area contributed by atoms with E-state index in [-0.39, 0.29) is 0 Å². The van der Waals surface area contributed by atoms with Gasteiger partial charge in [-0.2, -0.15) is 0 Å². The largest absolute Gasteiger partial charge is 0.370 e. The number of anilines is 2. The molecule has 4 nitrogen and oxygen atoms in total. The molecular formula is C16H22N4S. The van der Waals surface area contributed by atoms with Gasteiger partial charge in [0, 0.05) is 23.0 Å². The van der Waals surface area contributed by atoms with Gasteiger partial charge in [-0.15, -0.1) is 11.3 Å². The Morgan fingerprint density at radius 2 is 2.24 bits per heavy atom. The summed E-state index contributed by atoms with van der Waals surface area (Å²) in [5.74, 6) is 2.05. The van der Waals surface area contributed by atoms with Crippen molar-refractivity contribution in [2.45, 2.75) is 45.7 Å². The van der Waals surface area contributed by atoms with E-state index >= 15 is 0 Å². The molecule has 1 N–H and O–H groups in total. The highest BCUT2D eigenvalue weighted by atomic mass is 32.1. The third kappa shape index (κ3) is 3.35. The first kappa shape index (κ1) is 14.3. The van der Waals surface area contributed by atoms with Crippen molar-refractivity contribution >= 4 is 23.0 Å². The predicted octanol–water partition coefficient (Wildman–Crippen LogP) is 3.84. The van der Waals surface area contributed by atoms with Crippen LogP contribution in [0.15, 0.2) is 23.8 Å². The van der Waals surface area contributed by atoms with E-state index in [2.05, 4.69) is 51.5 Å². The van der Waals surface area contributed by atoms with Crippen LogP contribution in [0.2, 0.25) is 0 Å². The highest BCUT2D eigenvalue weighted by Crippen LogP contribution is 2.35. The molecule has 2 aromatic heterocycles. The highest BCUT2D eigenvalue weighted by molar-refractivity contribution is 7.09. The third-order valence-corrected chi connectivity index (χ3v) is 4.63. The zero-order valence-corrected chi connectivity index (χ0v) is 13.5. The third-order valence-electron chi connectivity index (χ3n) is 3.77. The Bertz CT molecular complexity index is 578. The average Bonchev–Trinajstić information content (AvgIpc) is 3.21. The molecule has 0 amide bonds. The van der Waals surface area contributed by atoms with Crippen LogP contribution in [-0.2, 0) is 6.54 Å². The van der Waals surface area contributed by atoms with Crippen molar-refractivity contribution in [2.24, 2.45) is 0 Å². The maximum atomic E-state index is 4.57. The molecule has 0 bridgehead atoms. The molecule has 1 saturated carbocycles. The second-order valence-corrected chi connectivity index (χ2v) is 6.57. The molecule has 21 heavy (non-hydrogen) atoms. The zero-order chi connectivity index (χ0) is 14.7. The van der Waals surface area contributed by atoms with Crippen molar-refractivity contribution in [3.05, 3.63) is 34.3 Å². The van der Waals surface area contributed by atoms with Gasteiger partial charge < -0.3 is 10.2 Å². The molecule has 0 unspecified atom stereocenters. The van der Waals surface area contributed by atoms with Crippen molar-refractivity contribution < 1.29 is 0 Å². The predicted molar refractivity (Wildman–Crippen MR) is 89.1 cm³/mol. The van der Waals surface area contributed by atoms with Gasteiger partial charge in [0.2, 0.25) is 0 Å². The van der Waals surface area contributed by atoms with E-state index < -0.39 is 0 Å². The molecule has 1 aliphatic carbocycles. The molecule has 1 aliphatic rings. The summed E-state index contributed by atoms with van der Waals surface area (Å²) in [7, 11) is 0. The quantitative estimate of drug-likeness (QED) is 0.844. The van der Waals surface area contributed by atoms with Gasteiger partial charge in [0.1, 0.15) is 18.0 Å². The van der Waals surface area contributed by atoms with Gasteiger partial charge in [-0.1, -0.05) is 13.0 Å². The molecule has 0 spiro atoms. The maximum absolute atomic E-state index is 4.57. The smallest absolute Gasteiger partial charge is 0.137 e. The summed E-state index contributed by atoms with van der Waals surface area (Å²) in [4.78, 5) is 12.8. The Kier molecular flexibility index (Phi) is 4.39. The Morgan fingerprint density at radius 3 is 2.90 bits per heavy atom. The minimum Gasteiger partial charge on any atom is -0.370 e. The van der Waals surface area contributed by atoms with Gasteiger partial charge in [-0.3, -0.25) is 0 Å². The summed E-state index contributed by atoms with van der Waals surface area (Å²) >= 11 is 1.81. The molecule has 2 heterocycles. The van der Waals surface area contributed by atoms with E-state index in [1.165, 1.54) is 17.7 Å². The number of aromatic nitrogens is 2. The first-order valence-electron chi connectivity index (χ1n) is 7.64. The Labute approximate surface area is 130 Å². The minimum atomic E-state index is 0.639. The van der Waals surface area contributed by atoms with Crippen molar-refractivity contribution in [1.82, 2.24) is 9.97 Å². The lowest BCUT2D eigenvalue weighted by Crippen LogP contribution is -2.27. The second-order valence-electron chi connectivity index (χ2n) is 5.54. The van der Waals surface area contributed by atoms with E-state index in [4.69, 9.17) is 0 Å². The molecule has 3 rings (SSSR count). The first-order valence-corrected chi connectivity index (χ1v) is 8.52. The monoisotopic (exact) mass is 302 g/mol. The first-order chi connectivity index (χ1) is 10.3. The van der Waals surface area contributed by atoms with E-state index in [0.29, 0.717) is 6.04 Å². The minimum absolute atomic E-state index is 0.639. The summed E-state index contributed by atoms with van der Waals surface area (Å²) in [5.41, 5.74) is 1.16. The SMILES string of the molecule is CCCNc1ncnc(N(Cc2cccs2)C2CC2)c1C. The Balaban J connectivity index is 1.85. The topological polar surface area (TPSA) is 41.1 Å². The molecule has 5 heteroatoms. The summed E-state index contributed by atoms with van der Waals surface area (Å²) in [6, 6.07) is 4.96. The van der Waals surface area contributed by atoms with Crippen LogP contribution in [0.5, 0.6) is 0 Å². The van der Waals surface area contributed by atoms with Crippen molar-refractivity contribution in [3.63, 3.8) is 0 Å². The van der Waals surface area contributed by atoms with Gasteiger partial charge in [0.15, 0.2) is 0 Å². The van der Waals surface area contributed by atoms with Crippen LogP contribution in [0.25, 0.3) is 0 Å². The lowest BCUT2D eigenvalue weighted by Gasteiger charge is -2.25. The van der Waals surface area contributed by atoms with Crippen LogP contribution >= 0.6 is 11.3 Å². The summed E-state index contributed by atoms with van der Waals surface area (Å²) in [5, 5.41) is 5.54. The van der Waals surface area contributed by atoms with Crippen LogP contribution in [0.1, 0.15) is 36.6 Å². The number of nitrogens with one attached hydrogen (secondary N) is 1. The van der Waals surface area contributed by atoms with Crippen LogP contribution in [0, 0.1) is 6.92 Å². The van der Waals surface area contributed by atoms with E-state index in [9.17, 15) is 0 Å². The van der Waals surface area contributed by atoms with Crippen molar-refractivity contribution in [3.8, 4) is 0 Å². The van der Waals surface area contributed by atoms with Crippen LogP contribution < -0.4 is 10.2 Å². The fraction of sp³-hybridized carbons (Fsp3) is 0.500. The molecule has 0 atom stereocenters. The van der Waals surface area contributed by atoms with Gasteiger partial charge in [-0.25, -0.2) is 9.97 Å².